The van der Waals surface area contributed by atoms with Gasteiger partial charge in [-0.3, -0.25) is 25.1 Å². The average Bonchev–Trinajstić information content (AvgIpc) is 4.01. The third-order valence-electron chi connectivity index (χ3n) is 7.71. The molecule has 2 aliphatic carbocycles. The number of carbonyl (C=O) groups is 3. The van der Waals surface area contributed by atoms with E-state index in [1.165, 1.54) is 53.2 Å². The number of methoxy groups -OCH3 is 1. The van der Waals surface area contributed by atoms with Crippen molar-refractivity contribution in [1.29, 1.82) is 0 Å². The molecule has 0 aromatic carbocycles. The fourth-order valence-electron chi connectivity index (χ4n) is 4.93. The lowest BCUT2D eigenvalue weighted by Crippen LogP contribution is -2.60. The van der Waals surface area contributed by atoms with Gasteiger partial charge in [0.15, 0.2) is 0 Å². The van der Waals surface area contributed by atoms with Crippen LogP contribution in [0.1, 0.15) is 76.2 Å². The number of dihydropyridines is 1. The summed E-state index contributed by atoms with van der Waals surface area (Å²) in [5.41, 5.74) is 2.25. The zero-order valence-corrected chi connectivity index (χ0v) is 28.3. The number of nitrogens with zero attached hydrogens (tertiary/aromatic N) is 3. The number of nitrogens with two attached hydrogens (primary N) is 1. The third kappa shape index (κ3) is 8.18. The first-order valence-corrected chi connectivity index (χ1v) is 16.6. The highest BCUT2D eigenvalue weighted by Gasteiger charge is 2.60. The predicted molar refractivity (Wildman–Crippen MR) is 176 cm³/mol. The number of carbonyl (C=O) groups excluding carboxylic acids is 3. The van der Waals surface area contributed by atoms with E-state index in [9.17, 15) is 23.2 Å². The molecule has 1 aromatic heterocycles. The van der Waals surface area contributed by atoms with Crippen LogP contribution in [0.4, 0.5) is 14.6 Å². The lowest BCUT2D eigenvalue weighted by molar-refractivity contribution is -0.143. The lowest BCUT2D eigenvalue weighted by atomic mass is 9.95. The van der Waals surface area contributed by atoms with Crippen LogP contribution in [-0.4, -0.2) is 77.1 Å². The van der Waals surface area contributed by atoms with Crippen LogP contribution in [-0.2, 0) is 14.3 Å². The summed E-state index contributed by atoms with van der Waals surface area (Å²) >= 11 is 1.30. The van der Waals surface area contributed by atoms with E-state index in [0.717, 1.165) is 12.8 Å². The number of pyridine rings is 1. The summed E-state index contributed by atoms with van der Waals surface area (Å²) in [4.78, 5) is 46.9. The van der Waals surface area contributed by atoms with Gasteiger partial charge in [-0.15, -0.1) is 11.8 Å². The standard InChI is InChI=1S/C28H33F2N7O4S.2C2H6/c1-15(42-23(35-31)7-6-16-4-5-16)34-26(39)19-12-33-22(37-14-24(38)36(2)28(8-9-28)27(37)40)11-17(19)18-10-20(25(29)30)32-13-21(18)41-3;2*1-2/h10-13,15-16,20,23,25,32,35H,4-5,8-9,14,31H2,1-3H3,(H,34,39);2*1-2H3. The molecule has 5 rings (SSSR count). The van der Waals surface area contributed by atoms with E-state index in [-0.39, 0.29) is 46.6 Å². The Balaban J connectivity index is 0.00000139. The van der Waals surface area contributed by atoms with E-state index in [4.69, 9.17) is 10.6 Å². The molecule has 3 heterocycles. The zero-order chi connectivity index (χ0) is 34.2. The maximum absolute atomic E-state index is 13.7. The van der Waals surface area contributed by atoms with Gasteiger partial charge in [0, 0.05) is 36.5 Å². The third-order valence-corrected chi connectivity index (χ3v) is 8.76. The van der Waals surface area contributed by atoms with Crippen molar-refractivity contribution in [2.75, 3.05) is 25.6 Å². The number of likely N-dealkylation sites (N-methyl/N-ethyl adjacent to an activating group) is 1. The molecule has 0 bridgehead atoms. The van der Waals surface area contributed by atoms with E-state index in [1.807, 2.05) is 27.7 Å². The van der Waals surface area contributed by atoms with Crippen molar-refractivity contribution in [3.8, 4) is 11.8 Å². The zero-order valence-electron chi connectivity index (χ0n) is 27.4. The first kappa shape index (κ1) is 36.8. The van der Waals surface area contributed by atoms with Crippen LogP contribution in [0.5, 0.6) is 0 Å². The summed E-state index contributed by atoms with van der Waals surface area (Å²) in [6, 6.07) is 0.126. The predicted octanol–water partition coefficient (Wildman–Crippen LogP) is 3.59. The summed E-state index contributed by atoms with van der Waals surface area (Å²) in [5, 5.41) is 4.61. The minimum absolute atomic E-state index is 0.0747. The largest absolute Gasteiger partial charge is 0.495 e. The molecule has 3 amide bonds. The lowest BCUT2D eigenvalue weighted by Gasteiger charge is -2.38. The Morgan fingerprint density at radius 3 is 2.48 bits per heavy atom. The first-order valence-electron chi connectivity index (χ1n) is 15.6. The number of thioether (sulfide) groups is 1. The number of piperazine rings is 1. The van der Waals surface area contributed by atoms with E-state index >= 15 is 0 Å². The molecule has 46 heavy (non-hydrogen) atoms. The molecule has 3 fully saturated rings. The molecule has 4 aliphatic rings. The van der Waals surface area contributed by atoms with Crippen molar-refractivity contribution in [3.63, 3.8) is 0 Å². The van der Waals surface area contributed by atoms with E-state index in [1.54, 1.807) is 14.0 Å². The molecule has 3 unspecified atom stereocenters. The van der Waals surface area contributed by atoms with Crippen molar-refractivity contribution in [2.45, 2.75) is 89.1 Å². The van der Waals surface area contributed by atoms with Gasteiger partial charge >= 0.3 is 0 Å². The number of ether oxygens (including phenoxy) is 1. The molecular weight excluding hydrogens is 616 g/mol. The van der Waals surface area contributed by atoms with Gasteiger partial charge < -0.3 is 20.3 Å². The number of aromatic nitrogens is 1. The minimum atomic E-state index is -2.74. The number of hydrogen-bond donors (Lipinski definition) is 4. The van der Waals surface area contributed by atoms with Gasteiger partial charge in [-0.05, 0) is 44.7 Å². The van der Waals surface area contributed by atoms with Crippen molar-refractivity contribution in [1.82, 2.24) is 25.9 Å². The van der Waals surface area contributed by atoms with Gasteiger partial charge in [0.05, 0.1) is 18.0 Å². The van der Waals surface area contributed by atoms with E-state index in [2.05, 4.69) is 32.9 Å². The molecule has 2 saturated carbocycles. The van der Waals surface area contributed by atoms with Crippen molar-refractivity contribution < 1.29 is 27.9 Å². The number of rotatable bonds is 9. The van der Waals surface area contributed by atoms with Gasteiger partial charge in [0.25, 0.3) is 18.2 Å². The van der Waals surface area contributed by atoms with Gasteiger partial charge in [0.2, 0.25) is 5.91 Å². The van der Waals surface area contributed by atoms with Gasteiger partial charge in [-0.1, -0.05) is 39.5 Å². The fraction of sp³-hybridized carbons (Fsp3) is 0.562. The highest BCUT2D eigenvalue weighted by molar-refractivity contribution is 8.00. The molecule has 0 radical (unpaired) electrons. The quantitative estimate of drug-likeness (QED) is 0.135. The SMILES string of the molecule is CC.CC.COC1=CNC(C(F)F)C=C1c1cc(N2CC(=O)N(C)C3(CC3)C2=O)ncc1C(=O)NC(C)SC(C#CC1CC1)NN. The second-order valence-corrected chi connectivity index (χ2v) is 12.1. The fourth-order valence-corrected chi connectivity index (χ4v) is 5.73. The van der Waals surface area contributed by atoms with Crippen LogP contribution in [0.3, 0.4) is 0 Å². The van der Waals surface area contributed by atoms with Crippen LogP contribution in [0.2, 0.25) is 0 Å². The summed E-state index contributed by atoms with van der Waals surface area (Å²) < 4.78 is 32.9. The van der Waals surface area contributed by atoms with Gasteiger partial charge in [-0.2, -0.15) is 0 Å². The monoisotopic (exact) mass is 661 g/mol. The number of anilines is 1. The van der Waals surface area contributed by atoms with Crippen molar-refractivity contribution >= 4 is 40.9 Å². The molecule has 252 valence electrons. The Kier molecular flexibility index (Phi) is 13.0. The molecule has 1 spiro atoms. The highest BCUT2D eigenvalue weighted by atomic mass is 32.2. The summed E-state index contributed by atoms with van der Waals surface area (Å²) in [5.74, 6) is 11.5. The number of amides is 3. The van der Waals surface area contributed by atoms with Crippen LogP contribution in [0, 0.1) is 17.8 Å². The number of halogens is 2. The van der Waals surface area contributed by atoms with Crippen molar-refractivity contribution in [2.24, 2.45) is 11.8 Å². The molecule has 3 atom stereocenters. The second kappa shape index (κ2) is 16.2. The Hall–Kier alpha value is -3.67. The molecule has 14 heteroatoms. The molecule has 5 N–H and O–H groups in total. The summed E-state index contributed by atoms with van der Waals surface area (Å²) in [6.07, 6.45) is 4.35. The molecule has 2 aliphatic heterocycles. The Morgan fingerprint density at radius 2 is 1.91 bits per heavy atom. The second-order valence-electron chi connectivity index (χ2n) is 10.6. The Labute approximate surface area is 274 Å². The van der Waals surface area contributed by atoms with Crippen LogP contribution >= 0.6 is 11.8 Å². The highest BCUT2D eigenvalue weighted by Crippen LogP contribution is 2.45. The maximum atomic E-state index is 13.7. The average molecular weight is 662 g/mol. The number of nitrogens with one attached hydrogen (secondary N) is 3. The maximum Gasteiger partial charge on any atom is 0.261 e. The van der Waals surface area contributed by atoms with Crippen LogP contribution in [0.15, 0.2) is 30.3 Å². The first-order chi connectivity index (χ1) is 22.1. The number of hydrogen-bond acceptors (Lipinski definition) is 9. The van der Waals surface area contributed by atoms with Crippen molar-refractivity contribution in [3.05, 3.63) is 41.4 Å². The topological polar surface area (TPSA) is 142 Å². The van der Waals surface area contributed by atoms with Crippen LogP contribution in [0.25, 0.3) is 5.57 Å². The van der Waals surface area contributed by atoms with Gasteiger partial charge in [-0.25, -0.2) is 19.2 Å². The molecule has 1 aromatic rings. The summed E-state index contributed by atoms with van der Waals surface area (Å²) in [7, 11) is 2.99. The molecular formula is C32H45F2N7O4S. The Morgan fingerprint density at radius 1 is 1.24 bits per heavy atom. The smallest absolute Gasteiger partial charge is 0.261 e. The summed E-state index contributed by atoms with van der Waals surface area (Å²) in [6.45, 7) is 9.54. The number of hydrazine groups is 1. The molecule has 1 saturated heterocycles. The normalized spacial score (nSPS) is 20.8. The number of alkyl halides is 2. The number of allylic oxidation sites excluding steroid dienone is 1. The van der Waals surface area contributed by atoms with Crippen LogP contribution < -0.4 is 26.8 Å². The molecule has 11 nitrogen and oxygen atoms in total. The van der Waals surface area contributed by atoms with E-state index < -0.39 is 34.7 Å². The minimum Gasteiger partial charge on any atom is -0.495 e. The van der Waals surface area contributed by atoms with E-state index in [0.29, 0.717) is 18.8 Å². The van der Waals surface area contributed by atoms with Gasteiger partial charge in [0.1, 0.15) is 35.1 Å². The Bertz CT molecular complexity index is 1400.